The summed E-state index contributed by atoms with van der Waals surface area (Å²) in [5.41, 5.74) is 3.79. The van der Waals surface area contributed by atoms with Crippen molar-refractivity contribution in [3.05, 3.63) is 72.3 Å². The molecule has 0 N–H and O–H groups in total. The first kappa shape index (κ1) is 18.9. The van der Waals surface area contributed by atoms with Gasteiger partial charge in [-0.05, 0) is 42.5 Å². The molecule has 0 aromatic heterocycles. The first-order valence-electron chi connectivity index (χ1n) is 10.4. The molecule has 2 aliphatic rings. The summed E-state index contributed by atoms with van der Waals surface area (Å²) in [6.07, 6.45) is 3.47. The number of esters is 1. The smallest absolute Gasteiger partial charge is 0.338 e. The Labute approximate surface area is 168 Å². The molecule has 146 valence electrons. The Bertz CT molecular complexity index is 860. The van der Waals surface area contributed by atoms with Crippen molar-refractivity contribution in [1.82, 2.24) is 4.90 Å². The van der Waals surface area contributed by atoms with Crippen molar-refractivity contribution < 1.29 is 9.53 Å². The molecular formula is C25H29NO2. The van der Waals surface area contributed by atoms with Gasteiger partial charge in [0.1, 0.15) is 6.61 Å². The number of carbonyl (C=O) groups is 1. The highest BCUT2D eigenvalue weighted by Crippen LogP contribution is 2.47. The number of ether oxygens (including phenoxy) is 1. The fraction of sp³-hybridized carbons (Fsp3) is 0.400. The summed E-state index contributed by atoms with van der Waals surface area (Å²) in [5, 5.41) is 0. The van der Waals surface area contributed by atoms with Crippen molar-refractivity contribution in [2.45, 2.75) is 26.2 Å². The molecule has 2 bridgehead atoms. The van der Waals surface area contributed by atoms with Gasteiger partial charge in [0, 0.05) is 18.5 Å². The lowest BCUT2D eigenvalue weighted by Gasteiger charge is -2.51. The molecule has 3 heteroatoms. The molecule has 1 heterocycles. The average molecular weight is 376 g/mol. The minimum Gasteiger partial charge on any atom is -0.461 e. The lowest BCUT2D eigenvalue weighted by Crippen LogP contribution is -2.53. The summed E-state index contributed by atoms with van der Waals surface area (Å²) in [7, 11) is 0. The summed E-state index contributed by atoms with van der Waals surface area (Å²) >= 11 is 0. The van der Waals surface area contributed by atoms with Crippen LogP contribution in [-0.2, 0) is 4.74 Å². The molecule has 0 amide bonds. The summed E-state index contributed by atoms with van der Waals surface area (Å²) in [6.45, 7) is 10.2. The van der Waals surface area contributed by atoms with Crippen molar-refractivity contribution in [2.75, 3.05) is 26.2 Å². The second kappa shape index (κ2) is 7.92. The van der Waals surface area contributed by atoms with Gasteiger partial charge in [-0.3, -0.25) is 0 Å². The van der Waals surface area contributed by atoms with Crippen LogP contribution in [0.5, 0.6) is 0 Å². The van der Waals surface area contributed by atoms with Crippen LogP contribution in [0.1, 0.15) is 36.5 Å². The van der Waals surface area contributed by atoms with Crippen LogP contribution in [0, 0.1) is 11.3 Å². The average Bonchev–Trinajstić information content (AvgIpc) is 2.73. The highest BCUT2D eigenvalue weighted by atomic mass is 16.5. The lowest BCUT2D eigenvalue weighted by molar-refractivity contribution is -0.000523. The highest BCUT2D eigenvalue weighted by Gasteiger charge is 2.46. The first-order chi connectivity index (χ1) is 13.6. The quantitative estimate of drug-likeness (QED) is 0.532. The number of hydrogen-bond acceptors (Lipinski definition) is 3. The van der Waals surface area contributed by atoms with Crippen LogP contribution in [-0.4, -0.2) is 37.1 Å². The number of benzene rings is 2. The number of likely N-dealkylation sites (tertiary alicyclic amines) is 1. The molecule has 2 atom stereocenters. The number of rotatable bonds is 5. The van der Waals surface area contributed by atoms with Gasteiger partial charge in [-0.15, -0.1) is 0 Å². The molecule has 0 radical (unpaired) electrons. The first-order valence-corrected chi connectivity index (χ1v) is 10.4. The van der Waals surface area contributed by atoms with Crippen molar-refractivity contribution in [3.63, 3.8) is 0 Å². The molecule has 2 aromatic carbocycles. The Balaban J connectivity index is 1.54. The van der Waals surface area contributed by atoms with Gasteiger partial charge in [-0.1, -0.05) is 74.0 Å². The van der Waals surface area contributed by atoms with Crippen molar-refractivity contribution in [3.8, 4) is 11.1 Å². The third kappa shape index (κ3) is 3.51. The molecule has 1 saturated heterocycles. The maximum atomic E-state index is 13.0. The fourth-order valence-electron chi connectivity index (χ4n) is 4.90. The lowest BCUT2D eigenvalue weighted by atomic mass is 9.63. The maximum absolute atomic E-state index is 13.0. The Morgan fingerprint density at radius 2 is 1.93 bits per heavy atom. The normalized spacial score (nSPS) is 24.8. The Hall–Kier alpha value is -2.39. The fourth-order valence-corrected chi connectivity index (χ4v) is 4.90. The van der Waals surface area contributed by atoms with Gasteiger partial charge in [-0.25, -0.2) is 4.79 Å². The number of piperidine rings is 1. The zero-order valence-electron chi connectivity index (χ0n) is 16.7. The molecule has 2 aromatic rings. The molecule has 28 heavy (non-hydrogen) atoms. The van der Waals surface area contributed by atoms with Crippen LogP contribution in [0.25, 0.3) is 11.1 Å². The van der Waals surface area contributed by atoms with E-state index in [1.807, 2.05) is 54.6 Å². The predicted molar refractivity (Wildman–Crippen MR) is 113 cm³/mol. The molecule has 3 nitrogen and oxygen atoms in total. The van der Waals surface area contributed by atoms with E-state index < -0.39 is 0 Å². The zero-order chi connectivity index (χ0) is 19.6. The SMILES string of the molecule is C=C1[C@@H]2CCC[C@@]1(COC(=O)c1ccccc1-c1ccccc1)CN(CC)C2. The van der Waals surface area contributed by atoms with Crippen LogP contribution in [0.15, 0.2) is 66.7 Å². The monoisotopic (exact) mass is 375 g/mol. The van der Waals surface area contributed by atoms with Gasteiger partial charge in [0.05, 0.1) is 5.56 Å². The van der Waals surface area contributed by atoms with Crippen molar-refractivity contribution in [1.29, 1.82) is 0 Å². The molecule has 1 saturated carbocycles. The van der Waals surface area contributed by atoms with Crippen LogP contribution >= 0.6 is 0 Å². The van der Waals surface area contributed by atoms with Crippen LogP contribution in [0.3, 0.4) is 0 Å². The predicted octanol–water partition coefficient (Wildman–Crippen LogP) is 5.19. The van der Waals surface area contributed by atoms with E-state index in [-0.39, 0.29) is 11.4 Å². The molecular weight excluding hydrogens is 346 g/mol. The van der Waals surface area contributed by atoms with Crippen molar-refractivity contribution in [2.24, 2.45) is 11.3 Å². The summed E-state index contributed by atoms with van der Waals surface area (Å²) in [6, 6.07) is 17.7. The summed E-state index contributed by atoms with van der Waals surface area (Å²) < 4.78 is 5.94. The molecule has 4 rings (SSSR count). The van der Waals surface area contributed by atoms with Gasteiger partial charge in [0.15, 0.2) is 0 Å². The second-order valence-corrected chi connectivity index (χ2v) is 8.21. The van der Waals surface area contributed by atoms with E-state index >= 15 is 0 Å². The molecule has 0 spiro atoms. The van der Waals surface area contributed by atoms with E-state index in [2.05, 4.69) is 18.4 Å². The minimum absolute atomic E-state index is 0.0888. The van der Waals surface area contributed by atoms with Gasteiger partial charge >= 0.3 is 5.97 Å². The molecule has 1 aliphatic heterocycles. The zero-order valence-corrected chi connectivity index (χ0v) is 16.7. The number of hydrogen-bond donors (Lipinski definition) is 0. The summed E-state index contributed by atoms with van der Waals surface area (Å²) in [4.78, 5) is 15.5. The number of nitrogens with zero attached hydrogens (tertiary/aromatic N) is 1. The van der Waals surface area contributed by atoms with Crippen LogP contribution in [0.4, 0.5) is 0 Å². The highest BCUT2D eigenvalue weighted by molar-refractivity contribution is 5.97. The topological polar surface area (TPSA) is 29.5 Å². The van der Waals surface area contributed by atoms with Gasteiger partial charge in [0.25, 0.3) is 0 Å². The molecule has 2 fully saturated rings. The third-order valence-corrected chi connectivity index (χ3v) is 6.55. The standard InChI is InChI=1S/C25H29NO2/c1-3-26-16-21-12-9-15-25(17-26,19(21)2)18-28-24(27)23-14-8-7-13-22(23)20-10-5-4-6-11-20/h4-8,10-11,13-14,21H,2-3,9,12,15-18H2,1H3/t21-,25+/m1/s1. The molecule has 0 unspecified atom stereocenters. The van der Waals surface area contributed by atoms with Crippen LogP contribution in [0.2, 0.25) is 0 Å². The van der Waals surface area contributed by atoms with Gasteiger partial charge in [0.2, 0.25) is 0 Å². The number of fused-ring (bicyclic) bond motifs is 2. The van der Waals surface area contributed by atoms with E-state index in [0.29, 0.717) is 18.1 Å². The van der Waals surface area contributed by atoms with Crippen LogP contribution < -0.4 is 0 Å². The van der Waals surface area contributed by atoms with Crippen molar-refractivity contribution >= 4 is 5.97 Å². The Morgan fingerprint density at radius 1 is 1.18 bits per heavy atom. The largest absolute Gasteiger partial charge is 0.461 e. The molecule has 1 aliphatic carbocycles. The maximum Gasteiger partial charge on any atom is 0.338 e. The Morgan fingerprint density at radius 3 is 2.71 bits per heavy atom. The van der Waals surface area contributed by atoms with E-state index in [4.69, 9.17) is 4.74 Å². The van der Waals surface area contributed by atoms with E-state index in [0.717, 1.165) is 37.2 Å². The van der Waals surface area contributed by atoms with E-state index in [1.54, 1.807) is 0 Å². The Kier molecular flexibility index (Phi) is 5.36. The van der Waals surface area contributed by atoms with Gasteiger partial charge in [-0.2, -0.15) is 0 Å². The number of carbonyl (C=O) groups excluding carboxylic acids is 1. The van der Waals surface area contributed by atoms with Gasteiger partial charge < -0.3 is 9.64 Å². The van der Waals surface area contributed by atoms with E-state index in [9.17, 15) is 4.79 Å². The third-order valence-electron chi connectivity index (χ3n) is 6.55. The minimum atomic E-state index is -0.239. The summed E-state index contributed by atoms with van der Waals surface area (Å²) in [5.74, 6) is 0.301. The van der Waals surface area contributed by atoms with E-state index in [1.165, 1.54) is 18.4 Å². The second-order valence-electron chi connectivity index (χ2n) is 8.21.